The number of rotatable bonds is 7. The van der Waals surface area contributed by atoms with Crippen molar-refractivity contribution in [3.63, 3.8) is 0 Å². The number of anilines is 3. The Kier molecular flexibility index (Phi) is 8.19. The summed E-state index contributed by atoms with van der Waals surface area (Å²) >= 11 is 0. The van der Waals surface area contributed by atoms with Crippen LogP contribution < -0.4 is 4.90 Å². The van der Waals surface area contributed by atoms with Crippen molar-refractivity contribution < 1.29 is 0 Å². The Labute approximate surface area is 338 Å². The lowest BCUT2D eigenvalue weighted by Gasteiger charge is -2.26. The number of fused-ring (bicyclic) bond motifs is 5. The first-order chi connectivity index (χ1) is 28.8. The van der Waals surface area contributed by atoms with E-state index < -0.39 is 0 Å². The average Bonchev–Trinajstić information content (AvgIpc) is 3.63. The van der Waals surface area contributed by atoms with E-state index in [0.717, 1.165) is 22.7 Å². The van der Waals surface area contributed by atoms with E-state index in [1.54, 1.807) is 0 Å². The molecule has 11 aromatic rings. The third-order valence-electron chi connectivity index (χ3n) is 11.6. The number of benzene rings is 10. The predicted molar refractivity (Wildman–Crippen MR) is 247 cm³/mol. The fraction of sp³-hybridized carbons (Fsp3) is 0. The van der Waals surface area contributed by atoms with E-state index in [1.165, 1.54) is 76.7 Å². The minimum absolute atomic E-state index is 1.10. The van der Waals surface area contributed by atoms with Crippen LogP contribution in [0.1, 0.15) is 0 Å². The van der Waals surface area contributed by atoms with Crippen molar-refractivity contribution in [2.45, 2.75) is 0 Å². The Morgan fingerprint density at radius 2 is 0.655 bits per heavy atom. The second-order valence-corrected chi connectivity index (χ2v) is 14.9. The topological polar surface area (TPSA) is 8.17 Å². The van der Waals surface area contributed by atoms with Gasteiger partial charge in [-0.25, -0.2) is 0 Å². The molecule has 58 heavy (non-hydrogen) atoms. The van der Waals surface area contributed by atoms with Gasteiger partial charge in [0, 0.05) is 33.5 Å². The van der Waals surface area contributed by atoms with Crippen molar-refractivity contribution in [3.8, 4) is 39.1 Å². The average molecular weight is 739 g/mol. The molecule has 0 bridgehead atoms. The largest absolute Gasteiger partial charge is 0.310 e. The number of para-hydroxylation sites is 2. The van der Waals surface area contributed by atoms with Gasteiger partial charge >= 0.3 is 0 Å². The van der Waals surface area contributed by atoms with Crippen molar-refractivity contribution >= 4 is 60.4 Å². The van der Waals surface area contributed by atoms with Gasteiger partial charge < -0.3 is 9.47 Å². The molecular weight excluding hydrogens is 701 g/mol. The minimum Gasteiger partial charge on any atom is -0.310 e. The van der Waals surface area contributed by atoms with Crippen LogP contribution in [0.2, 0.25) is 0 Å². The standard InChI is InChI=1S/C56H38N2/c1-4-16-39(17-5-1)40-28-32-45(33-29-40)58-53-27-15-14-22-47(53)52-38-46(36-37-54(52)58)57(43-20-8-3-9-21-43)44-34-30-42(31-35-44)56-50-25-12-10-23-48(50)55(41-18-6-2-7-19-41)49-24-11-13-26-51(49)56/h1-38H. The Bertz CT molecular complexity index is 3180. The number of aromatic nitrogens is 1. The molecule has 2 nitrogen and oxygen atoms in total. The maximum Gasteiger partial charge on any atom is 0.0542 e. The molecule has 2 heteroatoms. The van der Waals surface area contributed by atoms with Gasteiger partial charge in [-0.1, -0.05) is 170 Å². The zero-order valence-electron chi connectivity index (χ0n) is 31.8. The molecule has 0 N–H and O–H groups in total. The molecule has 10 aromatic carbocycles. The van der Waals surface area contributed by atoms with Crippen LogP contribution in [-0.4, -0.2) is 4.57 Å². The van der Waals surface area contributed by atoms with Crippen molar-refractivity contribution in [3.05, 3.63) is 231 Å². The van der Waals surface area contributed by atoms with E-state index in [9.17, 15) is 0 Å². The molecule has 11 rings (SSSR count). The summed E-state index contributed by atoms with van der Waals surface area (Å²) in [4.78, 5) is 2.37. The Balaban J connectivity index is 1.04. The van der Waals surface area contributed by atoms with E-state index in [-0.39, 0.29) is 0 Å². The number of hydrogen-bond donors (Lipinski definition) is 0. The van der Waals surface area contributed by atoms with E-state index in [1.807, 2.05) is 0 Å². The lowest BCUT2D eigenvalue weighted by atomic mass is 9.86. The lowest BCUT2D eigenvalue weighted by Crippen LogP contribution is -2.09. The van der Waals surface area contributed by atoms with Gasteiger partial charge in [-0.05, 0) is 116 Å². The van der Waals surface area contributed by atoms with Gasteiger partial charge in [-0.15, -0.1) is 0 Å². The van der Waals surface area contributed by atoms with E-state index in [2.05, 4.69) is 240 Å². The van der Waals surface area contributed by atoms with E-state index >= 15 is 0 Å². The molecule has 0 aliphatic carbocycles. The van der Waals surface area contributed by atoms with Crippen LogP contribution in [0.5, 0.6) is 0 Å². The van der Waals surface area contributed by atoms with Crippen molar-refractivity contribution in [1.29, 1.82) is 0 Å². The van der Waals surface area contributed by atoms with E-state index in [0.29, 0.717) is 0 Å². The monoisotopic (exact) mass is 738 g/mol. The maximum absolute atomic E-state index is 2.39. The van der Waals surface area contributed by atoms with E-state index in [4.69, 9.17) is 0 Å². The molecule has 0 radical (unpaired) electrons. The first kappa shape index (κ1) is 33.6. The Morgan fingerprint density at radius 3 is 1.24 bits per heavy atom. The summed E-state index contributed by atoms with van der Waals surface area (Å²) in [5.74, 6) is 0. The fourth-order valence-corrected chi connectivity index (χ4v) is 8.97. The van der Waals surface area contributed by atoms with Crippen LogP contribution in [0, 0.1) is 0 Å². The molecule has 0 atom stereocenters. The van der Waals surface area contributed by atoms with Crippen LogP contribution in [-0.2, 0) is 0 Å². The third kappa shape index (κ3) is 5.66. The molecule has 0 spiro atoms. The molecule has 0 fully saturated rings. The molecule has 0 aliphatic heterocycles. The highest BCUT2D eigenvalue weighted by Gasteiger charge is 2.20. The quantitative estimate of drug-likeness (QED) is 0.148. The molecule has 1 aromatic heterocycles. The molecule has 0 unspecified atom stereocenters. The summed E-state index contributed by atoms with van der Waals surface area (Å²) in [6.07, 6.45) is 0. The highest BCUT2D eigenvalue weighted by atomic mass is 15.1. The highest BCUT2D eigenvalue weighted by molar-refractivity contribution is 6.21. The third-order valence-corrected chi connectivity index (χ3v) is 11.6. The first-order valence-electron chi connectivity index (χ1n) is 19.9. The number of nitrogens with zero attached hydrogens (tertiary/aromatic N) is 2. The molecule has 0 saturated carbocycles. The maximum atomic E-state index is 2.39. The molecule has 0 saturated heterocycles. The fourth-order valence-electron chi connectivity index (χ4n) is 8.97. The van der Waals surface area contributed by atoms with Gasteiger partial charge in [0.25, 0.3) is 0 Å². The zero-order valence-corrected chi connectivity index (χ0v) is 31.8. The minimum atomic E-state index is 1.10. The van der Waals surface area contributed by atoms with Crippen molar-refractivity contribution in [2.75, 3.05) is 4.90 Å². The van der Waals surface area contributed by atoms with Crippen LogP contribution in [0.4, 0.5) is 17.1 Å². The smallest absolute Gasteiger partial charge is 0.0542 e. The van der Waals surface area contributed by atoms with Gasteiger partial charge in [0.1, 0.15) is 0 Å². The molecule has 0 aliphatic rings. The second kappa shape index (κ2) is 14.1. The van der Waals surface area contributed by atoms with Gasteiger partial charge in [-0.2, -0.15) is 0 Å². The molecule has 272 valence electrons. The summed E-state index contributed by atoms with van der Waals surface area (Å²) in [7, 11) is 0. The summed E-state index contributed by atoms with van der Waals surface area (Å²) in [5.41, 5.74) is 14.2. The van der Waals surface area contributed by atoms with Gasteiger partial charge in [0.15, 0.2) is 0 Å². The zero-order chi connectivity index (χ0) is 38.4. The SMILES string of the molecule is c1ccc(-c2ccc(-n3c4ccccc4c4cc(N(c5ccccc5)c5ccc(-c6c7ccccc7c(-c7ccccc7)c7ccccc67)cc5)ccc43)cc2)cc1. The molecule has 0 amide bonds. The van der Waals surface area contributed by atoms with Gasteiger partial charge in [0.05, 0.1) is 11.0 Å². The molecular formula is C56H38N2. The van der Waals surface area contributed by atoms with Crippen LogP contribution in [0.25, 0.3) is 82.4 Å². The van der Waals surface area contributed by atoms with Crippen molar-refractivity contribution in [1.82, 2.24) is 4.57 Å². The normalized spacial score (nSPS) is 11.4. The number of hydrogen-bond acceptors (Lipinski definition) is 1. The lowest BCUT2D eigenvalue weighted by molar-refractivity contribution is 1.18. The summed E-state index contributed by atoms with van der Waals surface area (Å²) in [5, 5.41) is 7.48. The van der Waals surface area contributed by atoms with Crippen molar-refractivity contribution in [2.24, 2.45) is 0 Å². The first-order valence-corrected chi connectivity index (χ1v) is 19.9. The molecule has 1 heterocycles. The van der Waals surface area contributed by atoms with Crippen LogP contribution in [0.15, 0.2) is 231 Å². The van der Waals surface area contributed by atoms with Gasteiger partial charge in [0.2, 0.25) is 0 Å². The summed E-state index contributed by atoms with van der Waals surface area (Å²) < 4.78 is 2.39. The summed E-state index contributed by atoms with van der Waals surface area (Å²) in [6.45, 7) is 0. The summed E-state index contributed by atoms with van der Waals surface area (Å²) in [6, 6.07) is 83.5. The van der Waals surface area contributed by atoms with Crippen LogP contribution in [0.3, 0.4) is 0 Å². The predicted octanol–water partition coefficient (Wildman–Crippen LogP) is 15.6. The second-order valence-electron chi connectivity index (χ2n) is 14.9. The van der Waals surface area contributed by atoms with Gasteiger partial charge in [-0.3, -0.25) is 0 Å². The van der Waals surface area contributed by atoms with Crippen LogP contribution >= 0.6 is 0 Å². The Morgan fingerprint density at radius 1 is 0.259 bits per heavy atom. The Hall–Kier alpha value is -7.68. The highest BCUT2D eigenvalue weighted by Crippen LogP contribution is 2.45.